The van der Waals surface area contributed by atoms with Gasteiger partial charge in [0.2, 0.25) is 5.88 Å². The number of aromatic nitrogens is 1. The van der Waals surface area contributed by atoms with Gasteiger partial charge in [0.15, 0.2) is 0 Å². The molecular formula is C17H22N2OS. The van der Waals surface area contributed by atoms with Gasteiger partial charge in [0.25, 0.3) is 0 Å². The Morgan fingerprint density at radius 1 is 1.14 bits per heavy atom. The van der Waals surface area contributed by atoms with E-state index in [-0.39, 0.29) is 0 Å². The molecular weight excluding hydrogens is 280 g/mol. The predicted molar refractivity (Wildman–Crippen MR) is 88.8 cm³/mol. The molecule has 1 N–H and O–H groups in total. The summed E-state index contributed by atoms with van der Waals surface area (Å²) >= 11 is 1.79. The number of nitrogens with one attached hydrogen (secondary N) is 1. The zero-order valence-electron chi connectivity index (χ0n) is 12.8. The van der Waals surface area contributed by atoms with E-state index in [4.69, 9.17) is 4.74 Å². The molecule has 0 unspecified atom stereocenters. The first-order chi connectivity index (χ1) is 10.2. The van der Waals surface area contributed by atoms with Gasteiger partial charge >= 0.3 is 0 Å². The topological polar surface area (TPSA) is 34.1 Å². The summed E-state index contributed by atoms with van der Waals surface area (Å²) < 4.78 is 5.14. The minimum atomic E-state index is 0.512. The van der Waals surface area contributed by atoms with Crippen LogP contribution < -0.4 is 10.1 Å². The van der Waals surface area contributed by atoms with Crippen LogP contribution in [0.15, 0.2) is 47.4 Å². The van der Waals surface area contributed by atoms with Gasteiger partial charge in [-0.25, -0.2) is 4.98 Å². The van der Waals surface area contributed by atoms with Crippen molar-refractivity contribution < 1.29 is 4.74 Å². The zero-order valence-corrected chi connectivity index (χ0v) is 13.6. The molecule has 0 saturated heterocycles. The summed E-state index contributed by atoms with van der Waals surface area (Å²) in [6, 6.07) is 15.1. The Kier molecular flexibility index (Phi) is 6.08. The van der Waals surface area contributed by atoms with Gasteiger partial charge < -0.3 is 10.1 Å². The van der Waals surface area contributed by atoms with Crippen LogP contribution in [0.1, 0.15) is 25.1 Å². The zero-order chi connectivity index (χ0) is 15.1. The fourth-order valence-corrected chi connectivity index (χ4v) is 2.64. The molecule has 1 aromatic heterocycles. The third-order valence-electron chi connectivity index (χ3n) is 3.01. The van der Waals surface area contributed by atoms with Crippen molar-refractivity contribution in [3.63, 3.8) is 0 Å². The second kappa shape index (κ2) is 8.05. The summed E-state index contributed by atoms with van der Waals surface area (Å²) in [5.74, 6) is 1.52. The smallest absolute Gasteiger partial charge is 0.213 e. The fourth-order valence-electron chi connectivity index (χ4n) is 1.83. The first-order valence-corrected chi connectivity index (χ1v) is 8.11. The third kappa shape index (κ3) is 5.40. The van der Waals surface area contributed by atoms with E-state index in [2.05, 4.69) is 48.4 Å². The van der Waals surface area contributed by atoms with Crippen molar-refractivity contribution in [1.29, 1.82) is 0 Å². The summed E-state index contributed by atoms with van der Waals surface area (Å²) in [7, 11) is 1.64. The van der Waals surface area contributed by atoms with Gasteiger partial charge in [-0.3, -0.25) is 0 Å². The van der Waals surface area contributed by atoms with Gasteiger partial charge in [-0.05, 0) is 23.8 Å². The van der Waals surface area contributed by atoms with Gasteiger partial charge in [-0.15, -0.1) is 11.8 Å². The molecule has 21 heavy (non-hydrogen) atoms. The van der Waals surface area contributed by atoms with Gasteiger partial charge in [-0.2, -0.15) is 0 Å². The van der Waals surface area contributed by atoms with Gasteiger partial charge in [-0.1, -0.05) is 32.0 Å². The second-order valence-corrected chi connectivity index (χ2v) is 6.19. The molecule has 0 atom stereocenters. The van der Waals surface area contributed by atoms with Crippen molar-refractivity contribution >= 4 is 11.8 Å². The van der Waals surface area contributed by atoms with E-state index < -0.39 is 0 Å². The summed E-state index contributed by atoms with van der Waals surface area (Å²) in [5, 5.41) is 3.42. The Hall–Kier alpha value is -1.52. The van der Waals surface area contributed by atoms with E-state index in [0.717, 1.165) is 18.0 Å². The molecule has 3 nitrogen and oxygen atoms in total. The van der Waals surface area contributed by atoms with Crippen LogP contribution in [0, 0.1) is 0 Å². The number of hydrogen-bond acceptors (Lipinski definition) is 4. The highest BCUT2D eigenvalue weighted by Crippen LogP contribution is 2.23. The minimum absolute atomic E-state index is 0.512. The number of benzene rings is 1. The van der Waals surface area contributed by atoms with E-state index in [0.29, 0.717) is 11.9 Å². The summed E-state index contributed by atoms with van der Waals surface area (Å²) in [4.78, 5) is 5.68. The second-order valence-electron chi connectivity index (χ2n) is 5.14. The Bertz CT molecular complexity index is 555. The lowest BCUT2D eigenvalue weighted by Gasteiger charge is -2.08. The summed E-state index contributed by atoms with van der Waals surface area (Å²) in [6.45, 7) is 5.23. The van der Waals surface area contributed by atoms with Crippen LogP contribution in [0.4, 0.5) is 0 Å². The monoisotopic (exact) mass is 302 g/mol. The molecule has 0 saturated carbocycles. The molecule has 0 spiro atoms. The lowest BCUT2D eigenvalue weighted by Crippen LogP contribution is -2.21. The number of ether oxygens (including phenoxy) is 1. The number of nitrogens with zero attached hydrogens (tertiary/aromatic N) is 1. The van der Waals surface area contributed by atoms with Crippen LogP contribution in [0.3, 0.4) is 0 Å². The molecule has 0 aliphatic rings. The number of methoxy groups -OCH3 is 1. The van der Waals surface area contributed by atoms with E-state index >= 15 is 0 Å². The first kappa shape index (κ1) is 15.9. The Morgan fingerprint density at radius 2 is 1.90 bits per heavy atom. The SMILES string of the molecule is COc1cccc(CSc2ccc(CNC(C)C)cc2)n1. The molecule has 0 aliphatic heterocycles. The lowest BCUT2D eigenvalue weighted by atomic mass is 10.2. The van der Waals surface area contributed by atoms with Crippen LogP contribution in [-0.4, -0.2) is 18.1 Å². The molecule has 0 radical (unpaired) electrons. The Morgan fingerprint density at radius 3 is 2.57 bits per heavy atom. The highest BCUT2D eigenvalue weighted by Gasteiger charge is 2.01. The van der Waals surface area contributed by atoms with Crippen molar-refractivity contribution in [3.05, 3.63) is 53.7 Å². The maximum Gasteiger partial charge on any atom is 0.213 e. The molecule has 4 heteroatoms. The van der Waals surface area contributed by atoms with Crippen molar-refractivity contribution in [1.82, 2.24) is 10.3 Å². The average Bonchev–Trinajstić information content (AvgIpc) is 2.52. The molecule has 0 bridgehead atoms. The maximum atomic E-state index is 5.14. The minimum Gasteiger partial charge on any atom is -0.481 e. The number of pyridine rings is 1. The number of thioether (sulfide) groups is 1. The molecule has 0 amide bonds. The highest BCUT2D eigenvalue weighted by molar-refractivity contribution is 7.98. The maximum absolute atomic E-state index is 5.14. The van der Waals surface area contributed by atoms with Crippen LogP contribution in [0.2, 0.25) is 0 Å². The molecule has 1 aromatic carbocycles. The lowest BCUT2D eigenvalue weighted by molar-refractivity contribution is 0.397. The quantitative estimate of drug-likeness (QED) is 0.787. The number of hydrogen-bond donors (Lipinski definition) is 1. The molecule has 0 aliphatic carbocycles. The molecule has 2 aromatic rings. The average molecular weight is 302 g/mol. The summed E-state index contributed by atoms with van der Waals surface area (Å²) in [5.41, 5.74) is 2.34. The van der Waals surface area contributed by atoms with E-state index in [1.54, 1.807) is 18.9 Å². The fraction of sp³-hybridized carbons (Fsp3) is 0.353. The molecule has 1 heterocycles. The normalized spacial score (nSPS) is 10.9. The molecule has 112 valence electrons. The van der Waals surface area contributed by atoms with Crippen molar-refractivity contribution in [3.8, 4) is 5.88 Å². The van der Waals surface area contributed by atoms with Gasteiger partial charge in [0.1, 0.15) is 0 Å². The van der Waals surface area contributed by atoms with Crippen molar-refractivity contribution in [2.24, 2.45) is 0 Å². The summed E-state index contributed by atoms with van der Waals surface area (Å²) in [6.07, 6.45) is 0. The number of rotatable bonds is 7. The Balaban J connectivity index is 1.88. The Labute approximate surface area is 131 Å². The van der Waals surface area contributed by atoms with Gasteiger partial charge in [0, 0.05) is 29.3 Å². The molecule has 2 rings (SSSR count). The largest absolute Gasteiger partial charge is 0.481 e. The van der Waals surface area contributed by atoms with E-state index in [9.17, 15) is 0 Å². The van der Waals surface area contributed by atoms with Crippen molar-refractivity contribution in [2.75, 3.05) is 7.11 Å². The first-order valence-electron chi connectivity index (χ1n) is 7.12. The van der Waals surface area contributed by atoms with Crippen LogP contribution in [-0.2, 0) is 12.3 Å². The van der Waals surface area contributed by atoms with Crippen LogP contribution in [0.25, 0.3) is 0 Å². The predicted octanol–water partition coefficient (Wildman–Crippen LogP) is 3.88. The van der Waals surface area contributed by atoms with Crippen LogP contribution >= 0.6 is 11.8 Å². The highest BCUT2D eigenvalue weighted by atomic mass is 32.2. The standard InChI is InChI=1S/C17H22N2OS/c1-13(2)18-11-14-7-9-16(10-8-14)21-12-15-5-4-6-17(19-15)20-3/h4-10,13,18H,11-12H2,1-3H3. The van der Waals surface area contributed by atoms with Crippen molar-refractivity contribution in [2.45, 2.75) is 37.1 Å². The van der Waals surface area contributed by atoms with Gasteiger partial charge in [0.05, 0.1) is 12.8 Å². The van der Waals surface area contributed by atoms with E-state index in [1.165, 1.54) is 10.5 Å². The van der Waals surface area contributed by atoms with E-state index in [1.807, 2.05) is 18.2 Å². The third-order valence-corrected chi connectivity index (χ3v) is 4.06. The van der Waals surface area contributed by atoms with Crippen LogP contribution in [0.5, 0.6) is 5.88 Å². The molecule has 0 fully saturated rings.